The van der Waals surface area contributed by atoms with Crippen LogP contribution in [0.15, 0.2) is 78.9 Å². The van der Waals surface area contributed by atoms with Crippen molar-refractivity contribution in [2.45, 2.75) is 0 Å². The summed E-state index contributed by atoms with van der Waals surface area (Å²) in [6.45, 7) is 4.20. The Bertz CT molecular complexity index is 630. The molecule has 0 fully saturated rings. The molecule has 0 saturated carbocycles. The highest BCUT2D eigenvalue weighted by atomic mass is 16.6. The number of hydrogen-bond donors (Lipinski definition) is 0. The number of hydrogen-bond acceptors (Lipinski definition) is 3. The minimum atomic E-state index is -0.441. The second-order valence-electron chi connectivity index (χ2n) is 4.57. The topological polar surface area (TPSA) is 35.5 Å². The minimum Gasteiger partial charge on any atom is -0.490 e. The van der Waals surface area contributed by atoms with Gasteiger partial charge in [0.25, 0.3) is 0 Å². The third-order valence-electron chi connectivity index (χ3n) is 2.87. The van der Waals surface area contributed by atoms with Gasteiger partial charge in [-0.3, -0.25) is 0 Å². The number of carbonyl (C=O) groups excluding carboxylic acids is 1. The second kappa shape index (κ2) is 8.47. The molecule has 3 nitrogen and oxygen atoms in total. The predicted molar refractivity (Wildman–Crippen MR) is 87.5 cm³/mol. The molecule has 0 aliphatic heterocycles. The van der Waals surface area contributed by atoms with Crippen LogP contribution in [0.25, 0.3) is 6.08 Å². The lowest BCUT2D eigenvalue weighted by atomic mass is 10.2. The maximum atomic E-state index is 11.7. The first-order valence-electron chi connectivity index (χ1n) is 7.03. The number of rotatable bonds is 7. The van der Waals surface area contributed by atoms with Crippen LogP contribution in [0.1, 0.15) is 5.56 Å². The normalized spacial score (nSPS) is 10.4. The maximum Gasteiger partial charge on any atom is 0.337 e. The first kappa shape index (κ1) is 15.6. The van der Waals surface area contributed by atoms with Crippen molar-refractivity contribution in [3.8, 4) is 5.75 Å². The van der Waals surface area contributed by atoms with Gasteiger partial charge in [-0.05, 0) is 23.8 Å². The van der Waals surface area contributed by atoms with Crippen molar-refractivity contribution in [3.63, 3.8) is 0 Å². The van der Waals surface area contributed by atoms with Gasteiger partial charge >= 0.3 is 5.97 Å². The molecule has 0 spiro atoms. The molecule has 0 N–H and O–H groups in total. The molecule has 0 aromatic heterocycles. The molecular formula is C19H18O3. The summed E-state index contributed by atoms with van der Waals surface area (Å²) in [5.41, 5.74) is 1.31. The molecular weight excluding hydrogens is 276 g/mol. The van der Waals surface area contributed by atoms with Gasteiger partial charge in [0.05, 0.1) is 5.57 Å². The Morgan fingerprint density at radius 2 is 1.59 bits per heavy atom. The van der Waals surface area contributed by atoms with E-state index in [4.69, 9.17) is 9.47 Å². The molecule has 0 saturated heterocycles. The zero-order valence-corrected chi connectivity index (χ0v) is 12.3. The molecule has 22 heavy (non-hydrogen) atoms. The molecule has 0 atom stereocenters. The first-order valence-corrected chi connectivity index (χ1v) is 7.03. The Kier molecular flexibility index (Phi) is 6.00. The molecule has 3 heteroatoms. The van der Waals surface area contributed by atoms with E-state index in [1.807, 2.05) is 66.7 Å². The summed E-state index contributed by atoms with van der Waals surface area (Å²) in [4.78, 5) is 11.7. The Balaban J connectivity index is 1.70. The van der Waals surface area contributed by atoms with E-state index in [-0.39, 0.29) is 6.61 Å². The van der Waals surface area contributed by atoms with E-state index in [0.717, 1.165) is 11.3 Å². The zero-order chi connectivity index (χ0) is 15.6. The summed E-state index contributed by atoms with van der Waals surface area (Å²) in [6, 6.07) is 19.1. The number of benzene rings is 2. The maximum absolute atomic E-state index is 11.7. The molecule has 0 aliphatic rings. The quantitative estimate of drug-likeness (QED) is 0.336. The highest BCUT2D eigenvalue weighted by molar-refractivity contribution is 5.92. The molecule has 0 amide bonds. The Morgan fingerprint density at radius 3 is 2.27 bits per heavy atom. The molecule has 0 bridgehead atoms. The van der Waals surface area contributed by atoms with Crippen molar-refractivity contribution in [1.82, 2.24) is 0 Å². The number of carbonyl (C=O) groups is 1. The number of para-hydroxylation sites is 1. The van der Waals surface area contributed by atoms with E-state index in [1.165, 1.54) is 0 Å². The van der Waals surface area contributed by atoms with Crippen LogP contribution in [-0.2, 0) is 9.53 Å². The van der Waals surface area contributed by atoms with Crippen molar-refractivity contribution in [2.75, 3.05) is 13.2 Å². The van der Waals surface area contributed by atoms with Crippen LogP contribution in [0.3, 0.4) is 0 Å². The average Bonchev–Trinajstić information content (AvgIpc) is 2.58. The molecule has 0 aliphatic carbocycles. The van der Waals surface area contributed by atoms with E-state index in [2.05, 4.69) is 6.58 Å². The fourth-order valence-corrected chi connectivity index (χ4v) is 1.73. The fourth-order valence-electron chi connectivity index (χ4n) is 1.73. The van der Waals surface area contributed by atoms with E-state index < -0.39 is 5.97 Å². The van der Waals surface area contributed by atoms with Gasteiger partial charge in [0.1, 0.15) is 19.0 Å². The summed E-state index contributed by atoms with van der Waals surface area (Å²) < 4.78 is 10.5. The molecule has 0 unspecified atom stereocenters. The molecule has 2 rings (SSSR count). The van der Waals surface area contributed by atoms with Gasteiger partial charge in [0.15, 0.2) is 0 Å². The van der Waals surface area contributed by atoms with E-state index in [0.29, 0.717) is 12.2 Å². The van der Waals surface area contributed by atoms with Gasteiger partial charge in [0, 0.05) is 0 Å². The highest BCUT2D eigenvalue weighted by Gasteiger charge is 2.05. The molecule has 0 heterocycles. The standard InChI is InChI=1S/C19H18O3/c1-16(12-13-17-8-4-2-5-9-17)19(20)22-15-14-21-18-10-6-3-7-11-18/h2-13H,1,14-15H2. The van der Waals surface area contributed by atoms with Gasteiger partial charge in [-0.15, -0.1) is 0 Å². The third kappa shape index (κ3) is 5.29. The number of ether oxygens (including phenoxy) is 2. The van der Waals surface area contributed by atoms with Gasteiger partial charge in [-0.2, -0.15) is 0 Å². The lowest BCUT2D eigenvalue weighted by Crippen LogP contribution is -2.12. The van der Waals surface area contributed by atoms with Gasteiger partial charge in [0.2, 0.25) is 0 Å². The molecule has 112 valence electrons. The van der Waals surface area contributed by atoms with Crippen molar-refractivity contribution in [2.24, 2.45) is 0 Å². The minimum absolute atomic E-state index is 0.186. The van der Waals surface area contributed by atoms with E-state index >= 15 is 0 Å². The molecule has 0 radical (unpaired) electrons. The molecule has 2 aromatic rings. The van der Waals surface area contributed by atoms with Gasteiger partial charge < -0.3 is 9.47 Å². The highest BCUT2D eigenvalue weighted by Crippen LogP contribution is 2.08. The smallest absolute Gasteiger partial charge is 0.337 e. The zero-order valence-electron chi connectivity index (χ0n) is 12.3. The molecule has 2 aromatic carbocycles. The van der Waals surface area contributed by atoms with Crippen molar-refractivity contribution in [3.05, 3.63) is 84.5 Å². The summed E-state index contributed by atoms with van der Waals surface area (Å²) in [5, 5.41) is 0. The van der Waals surface area contributed by atoms with Crippen LogP contribution in [0, 0.1) is 0 Å². The summed E-state index contributed by atoms with van der Waals surface area (Å²) >= 11 is 0. The van der Waals surface area contributed by atoms with Gasteiger partial charge in [-0.1, -0.05) is 61.2 Å². The van der Waals surface area contributed by atoms with Gasteiger partial charge in [-0.25, -0.2) is 4.79 Å². The van der Waals surface area contributed by atoms with Crippen molar-refractivity contribution in [1.29, 1.82) is 0 Å². The summed E-state index contributed by atoms with van der Waals surface area (Å²) in [7, 11) is 0. The van der Waals surface area contributed by atoms with Crippen LogP contribution < -0.4 is 4.74 Å². The SMILES string of the molecule is C=C(C=Cc1ccccc1)C(=O)OCCOc1ccccc1. The Morgan fingerprint density at radius 1 is 0.955 bits per heavy atom. The second-order valence-corrected chi connectivity index (χ2v) is 4.57. The average molecular weight is 294 g/mol. The fraction of sp³-hybridized carbons (Fsp3) is 0.105. The van der Waals surface area contributed by atoms with Crippen LogP contribution >= 0.6 is 0 Å². The lowest BCUT2D eigenvalue weighted by Gasteiger charge is -2.07. The number of esters is 1. The predicted octanol–water partition coefficient (Wildman–Crippen LogP) is 3.88. The Hall–Kier alpha value is -2.81. The summed E-state index contributed by atoms with van der Waals surface area (Å²) in [5.74, 6) is 0.310. The largest absolute Gasteiger partial charge is 0.490 e. The lowest BCUT2D eigenvalue weighted by molar-refractivity contribution is -0.139. The van der Waals surface area contributed by atoms with Crippen LogP contribution in [0.4, 0.5) is 0 Å². The van der Waals surface area contributed by atoms with Crippen molar-refractivity contribution < 1.29 is 14.3 Å². The van der Waals surface area contributed by atoms with Crippen LogP contribution in [-0.4, -0.2) is 19.2 Å². The van der Waals surface area contributed by atoms with E-state index in [1.54, 1.807) is 6.08 Å². The third-order valence-corrected chi connectivity index (χ3v) is 2.87. The van der Waals surface area contributed by atoms with Crippen molar-refractivity contribution >= 4 is 12.0 Å². The first-order chi connectivity index (χ1) is 10.8. The van der Waals surface area contributed by atoms with E-state index in [9.17, 15) is 4.79 Å². The monoisotopic (exact) mass is 294 g/mol. The Labute approximate surface area is 130 Å². The summed E-state index contributed by atoms with van der Waals surface area (Å²) in [6.07, 6.45) is 3.47. The van der Waals surface area contributed by atoms with Crippen LogP contribution in [0.2, 0.25) is 0 Å². The van der Waals surface area contributed by atoms with Crippen LogP contribution in [0.5, 0.6) is 5.75 Å².